The van der Waals surface area contributed by atoms with Crippen molar-refractivity contribution in [3.63, 3.8) is 0 Å². The van der Waals surface area contributed by atoms with Crippen LogP contribution in [-0.2, 0) is 4.79 Å². The number of amides is 1. The molecule has 0 aromatic rings. The van der Waals surface area contributed by atoms with Crippen molar-refractivity contribution < 1.29 is 9.18 Å². The Labute approximate surface area is 97.0 Å². The Morgan fingerprint density at radius 3 is 2.62 bits per heavy atom. The van der Waals surface area contributed by atoms with Crippen molar-refractivity contribution in [2.24, 2.45) is 0 Å². The van der Waals surface area contributed by atoms with Gasteiger partial charge in [0.05, 0.1) is 0 Å². The van der Waals surface area contributed by atoms with Gasteiger partial charge in [-0.3, -0.25) is 4.79 Å². The molecule has 16 heavy (non-hydrogen) atoms. The highest BCUT2D eigenvalue weighted by Crippen LogP contribution is 2.23. The second-order valence-electron chi connectivity index (χ2n) is 5.37. The lowest BCUT2D eigenvalue weighted by molar-refractivity contribution is -0.131. The molecule has 0 saturated heterocycles. The monoisotopic (exact) mass is 225 g/mol. The summed E-state index contributed by atoms with van der Waals surface area (Å²) in [4.78, 5) is 11.8. The van der Waals surface area contributed by atoms with Gasteiger partial charge in [0.25, 0.3) is 5.91 Å². The molecule has 0 aliphatic heterocycles. The van der Waals surface area contributed by atoms with Crippen molar-refractivity contribution in [2.45, 2.75) is 64.1 Å². The number of halogens is 1. The first-order valence-corrected chi connectivity index (χ1v) is 5.85. The Bertz CT molecular complexity index is 321. The van der Waals surface area contributed by atoms with E-state index in [9.17, 15) is 9.18 Å². The molecule has 1 N–H and O–H groups in total. The molecule has 0 aromatic carbocycles. The normalized spacial score (nSPS) is 26.0. The molecule has 1 atom stereocenters. The minimum absolute atomic E-state index is 0.210. The van der Waals surface area contributed by atoms with E-state index in [0.717, 1.165) is 19.3 Å². The summed E-state index contributed by atoms with van der Waals surface area (Å²) in [6.07, 6.45) is 3.58. The highest BCUT2D eigenvalue weighted by molar-refractivity contribution is 5.89. The predicted molar refractivity (Wildman–Crippen MR) is 62.6 cm³/mol. The van der Waals surface area contributed by atoms with Crippen LogP contribution < -0.4 is 5.32 Å². The van der Waals surface area contributed by atoms with Crippen LogP contribution in [0.5, 0.6) is 0 Å². The van der Waals surface area contributed by atoms with E-state index in [2.05, 4.69) is 17.2 Å². The van der Waals surface area contributed by atoms with Gasteiger partial charge in [-0.15, -0.1) is 0 Å². The fraction of sp³-hybridized carbons (Fsp3) is 0.769. The van der Waals surface area contributed by atoms with Crippen molar-refractivity contribution >= 4 is 5.91 Å². The number of alkyl halides is 1. The first kappa shape index (κ1) is 13.0. The van der Waals surface area contributed by atoms with Gasteiger partial charge in [-0.05, 0) is 33.6 Å². The van der Waals surface area contributed by atoms with E-state index in [4.69, 9.17) is 0 Å². The average Bonchev–Trinajstić information content (AvgIpc) is 2.08. The highest BCUT2D eigenvalue weighted by atomic mass is 19.1. The van der Waals surface area contributed by atoms with Crippen LogP contribution in [0, 0.1) is 11.8 Å². The molecule has 0 radical (unpaired) electrons. The number of hydrogen-bond acceptors (Lipinski definition) is 1. The van der Waals surface area contributed by atoms with E-state index in [1.165, 1.54) is 0 Å². The lowest BCUT2D eigenvalue weighted by Crippen LogP contribution is -2.50. The maximum absolute atomic E-state index is 14.4. The fourth-order valence-corrected chi connectivity index (χ4v) is 1.63. The topological polar surface area (TPSA) is 29.1 Å². The largest absolute Gasteiger partial charge is 0.348 e. The van der Waals surface area contributed by atoms with Gasteiger partial charge in [0.1, 0.15) is 0 Å². The van der Waals surface area contributed by atoms with Crippen molar-refractivity contribution in [3.8, 4) is 11.8 Å². The van der Waals surface area contributed by atoms with Crippen LogP contribution in [0.4, 0.5) is 4.39 Å². The third kappa shape index (κ3) is 3.84. The Hall–Kier alpha value is -1.04. The molecule has 90 valence electrons. The molecule has 0 saturated carbocycles. The van der Waals surface area contributed by atoms with Crippen LogP contribution in [0.25, 0.3) is 0 Å². The van der Waals surface area contributed by atoms with Crippen molar-refractivity contribution in [3.05, 3.63) is 0 Å². The van der Waals surface area contributed by atoms with Gasteiger partial charge in [-0.25, -0.2) is 4.39 Å². The fourth-order valence-electron chi connectivity index (χ4n) is 1.63. The zero-order chi connectivity index (χ0) is 12.2. The smallest absolute Gasteiger partial charge is 0.270 e. The van der Waals surface area contributed by atoms with E-state index >= 15 is 0 Å². The maximum Gasteiger partial charge on any atom is 0.270 e. The van der Waals surface area contributed by atoms with Gasteiger partial charge in [-0.1, -0.05) is 18.3 Å². The lowest BCUT2D eigenvalue weighted by atomic mass is 9.93. The molecule has 0 fully saturated rings. The third-order valence-corrected chi connectivity index (χ3v) is 2.46. The average molecular weight is 225 g/mol. The van der Waals surface area contributed by atoms with Crippen LogP contribution in [0.1, 0.15) is 52.9 Å². The first-order valence-electron chi connectivity index (χ1n) is 5.85. The SMILES string of the molecule is CC(C)(C)NC(=O)C1(F)C#CCCCCC1. The summed E-state index contributed by atoms with van der Waals surface area (Å²) in [5.74, 6) is 4.66. The van der Waals surface area contributed by atoms with E-state index < -0.39 is 17.1 Å². The van der Waals surface area contributed by atoms with Crippen LogP contribution in [0.3, 0.4) is 0 Å². The van der Waals surface area contributed by atoms with Gasteiger partial charge in [0.15, 0.2) is 0 Å². The molecule has 1 unspecified atom stereocenters. The van der Waals surface area contributed by atoms with Gasteiger partial charge in [-0.2, -0.15) is 0 Å². The zero-order valence-electron chi connectivity index (χ0n) is 10.3. The molecule has 0 spiro atoms. The Balaban J connectivity index is 2.77. The van der Waals surface area contributed by atoms with Crippen LogP contribution >= 0.6 is 0 Å². The molecule has 0 aromatic heterocycles. The van der Waals surface area contributed by atoms with Gasteiger partial charge < -0.3 is 5.32 Å². The third-order valence-electron chi connectivity index (χ3n) is 2.46. The Morgan fingerprint density at radius 1 is 1.31 bits per heavy atom. The molecule has 1 aliphatic carbocycles. The van der Waals surface area contributed by atoms with Crippen molar-refractivity contribution in [2.75, 3.05) is 0 Å². The summed E-state index contributed by atoms with van der Waals surface area (Å²) in [7, 11) is 0. The van der Waals surface area contributed by atoms with Crippen molar-refractivity contribution in [1.82, 2.24) is 5.32 Å². The summed E-state index contributed by atoms with van der Waals surface area (Å²) in [5, 5.41) is 2.66. The molecule has 3 heteroatoms. The van der Waals surface area contributed by atoms with Gasteiger partial charge >= 0.3 is 0 Å². The molecular weight excluding hydrogens is 205 g/mol. The first-order chi connectivity index (χ1) is 7.33. The Morgan fingerprint density at radius 2 is 2.00 bits per heavy atom. The Kier molecular flexibility index (Phi) is 3.96. The quantitative estimate of drug-likeness (QED) is 0.683. The minimum Gasteiger partial charge on any atom is -0.348 e. The van der Waals surface area contributed by atoms with Crippen LogP contribution in [0.15, 0.2) is 0 Å². The van der Waals surface area contributed by atoms with Crippen LogP contribution in [-0.4, -0.2) is 17.1 Å². The molecule has 1 amide bonds. The summed E-state index contributed by atoms with van der Waals surface area (Å²) < 4.78 is 14.4. The molecule has 1 rings (SSSR count). The van der Waals surface area contributed by atoms with E-state index in [-0.39, 0.29) is 6.42 Å². The molecule has 1 aliphatic rings. The summed E-state index contributed by atoms with van der Waals surface area (Å²) in [6.45, 7) is 5.51. The highest BCUT2D eigenvalue weighted by Gasteiger charge is 2.38. The number of carbonyl (C=O) groups excluding carboxylic acids is 1. The number of carbonyl (C=O) groups is 1. The number of rotatable bonds is 1. The van der Waals surface area contributed by atoms with Crippen molar-refractivity contribution in [1.29, 1.82) is 0 Å². The molecule has 0 bridgehead atoms. The number of hydrogen-bond donors (Lipinski definition) is 1. The lowest BCUT2D eigenvalue weighted by Gasteiger charge is -2.26. The standard InChI is InChI=1S/C13H20FNO/c1-12(2,3)15-11(16)13(14)9-7-5-4-6-8-10-13/h4-7,9H2,1-3H3,(H,15,16). The van der Waals surface area contributed by atoms with E-state index in [1.807, 2.05) is 20.8 Å². The minimum atomic E-state index is -1.99. The summed E-state index contributed by atoms with van der Waals surface area (Å²) in [6, 6.07) is 0. The number of nitrogens with one attached hydrogen (secondary N) is 1. The summed E-state index contributed by atoms with van der Waals surface area (Å²) in [5.41, 5.74) is -2.41. The van der Waals surface area contributed by atoms with E-state index in [1.54, 1.807) is 0 Å². The zero-order valence-corrected chi connectivity index (χ0v) is 10.3. The predicted octanol–water partition coefficient (Wildman–Crippen LogP) is 2.58. The maximum atomic E-state index is 14.4. The molecule has 2 nitrogen and oxygen atoms in total. The van der Waals surface area contributed by atoms with Gasteiger partial charge in [0.2, 0.25) is 5.67 Å². The van der Waals surface area contributed by atoms with Crippen LogP contribution in [0.2, 0.25) is 0 Å². The van der Waals surface area contributed by atoms with Gasteiger partial charge in [0, 0.05) is 18.4 Å². The summed E-state index contributed by atoms with van der Waals surface area (Å²) >= 11 is 0. The molecular formula is C13H20FNO. The second kappa shape index (κ2) is 4.86. The molecule has 0 heterocycles. The second-order valence-corrected chi connectivity index (χ2v) is 5.37. The van der Waals surface area contributed by atoms with E-state index in [0.29, 0.717) is 6.42 Å².